The van der Waals surface area contributed by atoms with Crippen LogP contribution < -0.4 is 15.0 Å². The third kappa shape index (κ3) is 5.14. The molecule has 1 atom stereocenters. The number of anilines is 3. The summed E-state index contributed by atoms with van der Waals surface area (Å²) in [5.74, 6) is 0.311. The first-order chi connectivity index (χ1) is 17.8. The predicted octanol–water partition coefficient (Wildman–Crippen LogP) is 6.46. The fraction of sp³-hybridized carbons (Fsp3) is 0.207. The number of benzene rings is 3. The van der Waals surface area contributed by atoms with Gasteiger partial charge in [-0.15, -0.1) is 0 Å². The van der Waals surface area contributed by atoms with Crippen molar-refractivity contribution in [3.05, 3.63) is 106 Å². The first-order valence-electron chi connectivity index (χ1n) is 12.0. The Morgan fingerprint density at radius 3 is 2.54 bits per heavy atom. The summed E-state index contributed by atoms with van der Waals surface area (Å²) < 4.78 is 32.3. The highest BCUT2D eigenvalue weighted by atomic mass is 19.1. The summed E-state index contributed by atoms with van der Waals surface area (Å²) in [4.78, 5) is 24.1. The molecule has 6 nitrogen and oxygen atoms in total. The number of esters is 1. The Balaban J connectivity index is 1.37. The number of rotatable bonds is 5. The topological polar surface area (TPSA) is 67.3 Å². The number of hydrogen-bond acceptors (Lipinski definition) is 6. The molecule has 188 valence electrons. The van der Waals surface area contributed by atoms with Gasteiger partial charge in [-0.2, -0.15) is 4.98 Å². The maximum absolute atomic E-state index is 13.5. The van der Waals surface area contributed by atoms with Crippen LogP contribution >= 0.6 is 0 Å². The van der Waals surface area contributed by atoms with Gasteiger partial charge in [-0.3, -0.25) is 0 Å². The molecular formula is C29H26F2N4O2. The molecule has 0 spiro atoms. The second-order valence-corrected chi connectivity index (χ2v) is 9.09. The summed E-state index contributed by atoms with van der Waals surface area (Å²) in [5, 5.41) is 3.17. The highest BCUT2D eigenvalue weighted by molar-refractivity contribution is 5.91. The average Bonchev–Trinajstić information content (AvgIpc) is 2.88. The molecule has 4 aromatic rings. The van der Waals surface area contributed by atoms with Crippen LogP contribution in [0.2, 0.25) is 0 Å². The summed E-state index contributed by atoms with van der Waals surface area (Å²) in [6, 6.07) is 17.1. The zero-order chi connectivity index (χ0) is 26.1. The molecule has 1 unspecified atom stereocenters. The van der Waals surface area contributed by atoms with Crippen LogP contribution in [-0.4, -0.2) is 22.5 Å². The van der Waals surface area contributed by atoms with E-state index < -0.39 is 11.8 Å². The number of ether oxygens (including phenoxy) is 1. The second kappa shape index (κ2) is 9.97. The van der Waals surface area contributed by atoms with Gasteiger partial charge in [-0.25, -0.2) is 18.6 Å². The van der Waals surface area contributed by atoms with Crippen LogP contribution in [0.1, 0.15) is 45.7 Å². The highest BCUT2D eigenvalue weighted by Crippen LogP contribution is 2.36. The molecule has 2 heterocycles. The molecule has 37 heavy (non-hydrogen) atoms. The minimum Gasteiger partial charge on any atom is -0.423 e. The second-order valence-electron chi connectivity index (χ2n) is 9.09. The lowest BCUT2D eigenvalue weighted by atomic mass is 9.93. The summed E-state index contributed by atoms with van der Waals surface area (Å²) in [7, 11) is 0. The van der Waals surface area contributed by atoms with Gasteiger partial charge in [0.15, 0.2) is 0 Å². The number of hydrogen-bond donors (Lipinski definition) is 1. The number of halogens is 2. The lowest BCUT2D eigenvalue weighted by Crippen LogP contribution is -2.35. The van der Waals surface area contributed by atoms with Gasteiger partial charge >= 0.3 is 5.97 Å². The summed E-state index contributed by atoms with van der Waals surface area (Å²) in [6.07, 6.45) is 0.730. The van der Waals surface area contributed by atoms with Crippen molar-refractivity contribution in [3.8, 4) is 5.75 Å². The minimum atomic E-state index is -0.599. The molecule has 3 aromatic carbocycles. The molecule has 0 saturated heterocycles. The Hall–Kier alpha value is -4.33. The number of nitrogens with zero attached hydrogens (tertiary/aromatic N) is 3. The van der Waals surface area contributed by atoms with Crippen molar-refractivity contribution in [2.45, 2.75) is 33.2 Å². The van der Waals surface area contributed by atoms with Gasteiger partial charge in [0.25, 0.3) is 0 Å². The van der Waals surface area contributed by atoms with Gasteiger partial charge in [0.2, 0.25) is 5.95 Å². The Labute approximate surface area is 214 Å². The van der Waals surface area contributed by atoms with Crippen molar-refractivity contribution in [2.24, 2.45) is 0 Å². The molecule has 0 saturated carbocycles. The van der Waals surface area contributed by atoms with Crippen molar-refractivity contribution in [3.63, 3.8) is 0 Å². The molecule has 5 rings (SSSR count). The van der Waals surface area contributed by atoms with Crippen LogP contribution in [0.4, 0.5) is 26.2 Å². The van der Waals surface area contributed by atoms with Crippen LogP contribution in [-0.2, 0) is 6.42 Å². The van der Waals surface area contributed by atoms with Gasteiger partial charge in [0.05, 0.1) is 11.6 Å². The SMILES string of the molecule is Cc1nc(Nc2ccc(F)cc2)nc(N2CCc3cc(OC(=O)c4cccc(F)c4)ccc3C2C)c1C. The van der Waals surface area contributed by atoms with E-state index in [1.54, 1.807) is 18.2 Å². The van der Waals surface area contributed by atoms with Gasteiger partial charge in [-0.05, 0) is 92.9 Å². The van der Waals surface area contributed by atoms with E-state index in [9.17, 15) is 13.6 Å². The Morgan fingerprint density at radius 1 is 1.00 bits per heavy atom. The fourth-order valence-corrected chi connectivity index (χ4v) is 4.55. The molecular weight excluding hydrogens is 474 g/mol. The number of carbonyl (C=O) groups excluding carboxylic acids is 1. The zero-order valence-corrected chi connectivity index (χ0v) is 20.8. The van der Waals surface area contributed by atoms with E-state index in [-0.39, 0.29) is 17.4 Å². The lowest BCUT2D eigenvalue weighted by Gasteiger charge is -2.37. The Bertz CT molecular complexity index is 1470. The van der Waals surface area contributed by atoms with E-state index >= 15 is 0 Å². The summed E-state index contributed by atoms with van der Waals surface area (Å²) in [6.45, 7) is 6.77. The van der Waals surface area contributed by atoms with E-state index in [0.717, 1.165) is 40.7 Å². The third-order valence-electron chi connectivity index (χ3n) is 6.66. The molecule has 0 aliphatic carbocycles. The van der Waals surface area contributed by atoms with Crippen LogP contribution in [0, 0.1) is 25.5 Å². The summed E-state index contributed by atoms with van der Waals surface area (Å²) in [5.41, 5.74) is 4.90. The Morgan fingerprint density at radius 2 is 1.78 bits per heavy atom. The molecule has 0 radical (unpaired) electrons. The zero-order valence-electron chi connectivity index (χ0n) is 20.8. The molecule has 1 N–H and O–H groups in total. The minimum absolute atomic E-state index is 0.0170. The molecule has 0 amide bonds. The van der Waals surface area contributed by atoms with E-state index in [0.29, 0.717) is 23.9 Å². The monoisotopic (exact) mass is 500 g/mol. The lowest BCUT2D eigenvalue weighted by molar-refractivity contribution is 0.0734. The third-order valence-corrected chi connectivity index (χ3v) is 6.66. The van der Waals surface area contributed by atoms with Crippen LogP contribution in [0.3, 0.4) is 0 Å². The van der Waals surface area contributed by atoms with Gasteiger partial charge in [-0.1, -0.05) is 12.1 Å². The van der Waals surface area contributed by atoms with Crippen LogP contribution in [0.5, 0.6) is 5.75 Å². The smallest absolute Gasteiger partial charge is 0.343 e. The van der Waals surface area contributed by atoms with E-state index in [1.165, 1.54) is 30.3 Å². The van der Waals surface area contributed by atoms with E-state index in [2.05, 4.69) is 22.1 Å². The normalized spacial score (nSPS) is 14.7. The van der Waals surface area contributed by atoms with Gasteiger partial charge in [0.1, 0.15) is 23.2 Å². The van der Waals surface area contributed by atoms with Gasteiger partial charge in [0, 0.05) is 23.5 Å². The quantitative estimate of drug-likeness (QED) is 0.251. The van der Waals surface area contributed by atoms with E-state index in [1.807, 2.05) is 26.0 Å². The van der Waals surface area contributed by atoms with E-state index in [4.69, 9.17) is 9.72 Å². The Kier molecular flexibility index (Phi) is 6.56. The number of carbonyl (C=O) groups is 1. The first-order valence-corrected chi connectivity index (χ1v) is 12.0. The molecule has 1 aliphatic heterocycles. The van der Waals surface area contributed by atoms with Crippen LogP contribution in [0.25, 0.3) is 0 Å². The van der Waals surface area contributed by atoms with Crippen molar-refractivity contribution in [2.75, 3.05) is 16.8 Å². The largest absolute Gasteiger partial charge is 0.423 e. The first kappa shape index (κ1) is 24.4. The predicted molar refractivity (Wildman–Crippen MR) is 138 cm³/mol. The number of fused-ring (bicyclic) bond motifs is 1. The van der Waals surface area contributed by atoms with Crippen molar-refractivity contribution in [1.29, 1.82) is 0 Å². The maximum atomic E-state index is 13.5. The molecule has 1 aliphatic rings. The van der Waals surface area contributed by atoms with Crippen molar-refractivity contribution < 1.29 is 18.3 Å². The number of aromatic nitrogens is 2. The number of aryl methyl sites for hydroxylation is 1. The summed E-state index contributed by atoms with van der Waals surface area (Å²) >= 11 is 0. The van der Waals surface area contributed by atoms with Crippen molar-refractivity contribution in [1.82, 2.24) is 9.97 Å². The molecule has 1 aromatic heterocycles. The number of nitrogens with one attached hydrogen (secondary N) is 1. The van der Waals surface area contributed by atoms with Crippen LogP contribution in [0.15, 0.2) is 66.7 Å². The van der Waals surface area contributed by atoms with Crippen molar-refractivity contribution >= 4 is 23.4 Å². The average molecular weight is 501 g/mol. The molecule has 8 heteroatoms. The standard InChI is InChI=1S/C29H26F2N4O2/c1-17-18(2)32-29(33-24-9-7-22(30)8-10-24)34-27(17)35-14-13-20-16-25(11-12-26(20)19(35)3)37-28(36)21-5-4-6-23(31)15-21/h4-12,15-16,19H,13-14H2,1-3H3,(H,32,33,34). The molecule has 0 bridgehead atoms. The molecule has 0 fully saturated rings. The maximum Gasteiger partial charge on any atom is 0.343 e. The fourth-order valence-electron chi connectivity index (χ4n) is 4.55. The van der Waals surface area contributed by atoms with Gasteiger partial charge < -0.3 is 15.0 Å². The highest BCUT2D eigenvalue weighted by Gasteiger charge is 2.27.